The van der Waals surface area contributed by atoms with Crippen molar-refractivity contribution in [2.75, 3.05) is 6.79 Å². The van der Waals surface area contributed by atoms with Gasteiger partial charge >= 0.3 is 0 Å². The van der Waals surface area contributed by atoms with Gasteiger partial charge in [-0.1, -0.05) is 0 Å². The predicted molar refractivity (Wildman–Crippen MR) is 42.9 cm³/mol. The SMILES string of the molecule is [C-]#[N+]Cc1ccc2c(c1)OCO2. The molecule has 0 aromatic heterocycles. The number of hydrogen-bond donors (Lipinski definition) is 0. The van der Waals surface area contributed by atoms with Gasteiger partial charge in [0, 0.05) is 5.56 Å². The fraction of sp³-hybridized carbons (Fsp3) is 0.222. The second-order valence-corrected chi connectivity index (χ2v) is 2.50. The fourth-order valence-electron chi connectivity index (χ4n) is 1.13. The van der Waals surface area contributed by atoms with E-state index in [2.05, 4.69) is 4.85 Å². The van der Waals surface area contributed by atoms with Gasteiger partial charge in [0.15, 0.2) is 11.5 Å². The first kappa shape index (κ1) is 6.99. The number of fused-ring (bicyclic) bond motifs is 1. The van der Waals surface area contributed by atoms with E-state index in [1.54, 1.807) is 0 Å². The Labute approximate surface area is 70.4 Å². The van der Waals surface area contributed by atoms with E-state index in [0.29, 0.717) is 6.54 Å². The van der Waals surface area contributed by atoms with Crippen LogP contribution in [0.2, 0.25) is 0 Å². The lowest BCUT2D eigenvalue weighted by Crippen LogP contribution is -1.92. The Balaban J connectivity index is 2.34. The van der Waals surface area contributed by atoms with Gasteiger partial charge in [0.25, 0.3) is 0 Å². The molecule has 2 rings (SSSR count). The first-order valence-corrected chi connectivity index (χ1v) is 3.62. The number of hydrogen-bond acceptors (Lipinski definition) is 2. The Bertz CT molecular complexity index is 341. The minimum absolute atomic E-state index is 0.288. The largest absolute Gasteiger partial charge is 0.454 e. The molecular weight excluding hydrogens is 154 g/mol. The number of nitrogens with zero attached hydrogens (tertiary/aromatic N) is 1. The Morgan fingerprint density at radius 1 is 1.33 bits per heavy atom. The van der Waals surface area contributed by atoms with E-state index >= 15 is 0 Å². The summed E-state index contributed by atoms with van der Waals surface area (Å²) in [5, 5.41) is 0. The number of ether oxygens (including phenoxy) is 2. The molecule has 0 spiro atoms. The average Bonchev–Trinajstić information content (AvgIpc) is 2.51. The van der Waals surface area contributed by atoms with Crippen LogP contribution in [0.25, 0.3) is 4.85 Å². The maximum absolute atomic E-state index is 6.69. The molecule has 0 saturated carbocycles. The molecule has 1 aliphatic heterocycles. The molecule has 1 aromatic rings. The lowest BCUT2D eigenvalue weighted by molar-refractivity contribution is 0.174. The zero-order valence-electron chi connectivity index (χ0n) is 6.41. The Kier molecular flexibility index (Phi) is 1.60. The maximum Gasteiger partial charge on any atom is 0.239 e. The molecule has 3 nitrogen and oxygen atoms in total. The molecule has 1 heterocycles. The Hall–Kier alpha value is -1.69. The van der Waals surface area contributed by atoms with Crippen molar-refractivity contribution in [3.8, 4) is 11.5 Å². The molecule has 0 fully saturated rings. The quantitative estimate of drug-likeness (QED) is 0.586. The second kappa shape index (κ2) is 2.74. The van der Waals surface area contributed by atoms with Crippen molar-refractivity contribution in [3.05, 3.63) is 35.2 Å². The standard InChI is InChI=1S/C9H7NO2/c1-10-5-7-2-3-8-9(4-7)12-6-11-8/h2-4H,5-6H2. The van der Waals surface area contributed by atoms with Crippen molar-refractivity contribution < 1.29 is 9.47 Å². The van der Waals surface area contributed by atoms with Crippen LogP contribution in [0.4, 0.5) is 0 Å². The van der Waals surface area contributed by atoms with Crippen LogP contribution >= 0.6 is 0 Å². The third-order valence-corrected chi connectivity index (χ3v) is 1.70. The van der Waals surface area contributed by atoms with Crippen molar-refractivity contribution in [2.45, 2.75) is 6.54 Å². The molecular formula is C9H7NO2. The number of rotatable bonds is 1. The average molecular weight is 161 g/mol. The first-order valence-electron chi connectivity index (χ1n) is 3.62. The molecule has 0 unspecified atom stereocenters. The molecule has 12 heavy (non-hydrogen) atoms. The predicted octanol–water partition coefficient (Wildman–Crippen LogP) is 1.83. The highest BCUT2D eigenvalue weighted by atomic mass is 16.7. The summed E-state index contributed by atoms with van der Waals surface area (Å²) in [6.07, 6.45) is 0. The van der Waals surface area contributed by atoms with Gasteiger partial charge in [-0.3, -0.25) is 0 Å². The molecule has 0 atom stereocenters. The summed E-state index contributed by atoms with van der Waals surface area (Å²) in [6.45, 7) is 7.38. The minimum atomic E-state index is 0.288. The molecule has 0 aliphatic carbocycles. The van der Waals surface area contributed by atoms with E-state index < -0.39 is 0 Å². The summed E-state index contributed by atoms with van der Waals surface area (Å²) in [5.74, 6) is 1.51. The van der Waals surface area contributed by atoms with Crippen LogP contribution in [0, 0.1) is 6.57 Å². The van der Waals surface area contributed by atoms with Crippen molar-refractivity contribution in [3.63, 3.8) is 0 Å². The molecule has 1 aliphatic rings. The normalized spacial score (nSPS) is 12.6. The van der Waals surface area contributed by atoms with Crippen molar-refractivity contribution in [2.24, 2.45) is 0 Å². The zero-order valence-corrected chi connectivity index (χ0v) is 6.41. The third-order valence-electron chi connectivity index (χ3n) is 1.70. The minimum Gasteiger partial charge on any atom is -0.454 e. The third kappa shape index (κ3) is 1.08. The molecule has 0 amide bonds. The molecule has 0 bridgehead atoms. The van der Waals surface area contributed by atoms with Crippen LogP contribution in [0.3, 0.4) is 0 Å². The summed E-state index contributed by atoms with van der Waals surface area (Å²) in [5.41, 5.74) is 0.967. The Morgan fingerprint density at radius 2 is 2.17 bits per heavy atom. The zero-order chi connectivity index (χ0) is 8.39. The monoisotopic (exact) mass is 161 g/mol. The van der Waals surface area contributed by atoms with Crippen molar-refractivity contribution in [1.29, 1.82) is 0 Å². The van der Waals surface area contributed by atoms with E-state index in [4.69, 9.17) is 16.0 Å². The smallest absolute Gasteiger partial charge is 0.239 e. The fourth-order valence-corrected chi connectivity index (χ4v) is 1.13. The van der Waals surface area contributed by atoms with E-state index in [1.807, 2.05) is 18.2 Å². The van der Waals surface area contributed by atoms with Crippen LogP contribution in [0.5, 0.6) is 11.5 Å². The summed E-state index contributed by atoms with van der Waals surface area (Å²) >= 11 is 0. The molecule has 0 radical (unpaired) electrons. The maximum atomic E-state index is 6.69. The van der Waals surface area contributed by atoms with Gasteiger partial charge in [-0.05, 0) is 18.2 Å². The summed E-state index contributed by atoms with van der Waals surface area (Å²) in [6, 6.07) is 5.56. The van der Waals surface area contributed by atoms with E-state index in [-0.39, 0.29) is 6.79 Å². The molecule has 0 N–H and O–H groups in total. The summed E-state index contributed by atoms with van der Waals surface area (Å²) < 4.78 is 10.3. The van der Waals surface area contributed by atoms with Gasteiger partial charge in [0.1, 0.15) is 0 Å². The van der Waals surface area contributed by atoms with Gasteiger partial charge in [0.05, 0.1) is 0 Å². The second-order valence-electron chi connectivity index (χ2n) is 2.50. The molecule has 1 aromatic carbocycles. The van der Waals surface area contributed by atoms with Gasteiger partial charge in [-0.15, -0.1) is 0 Å². The van der Waals surface area contributed by atoms with Gasteiger partial charge in [-0.2, -0.15) is 0 Å². The van der Waals surface area contributed by atoms with Crippen LogP contribution in [0.1, 0.15) is 5.56 Å². The topological polar surface area (TPSA) is 22.8 Å². The summed E-state index contributed by atoms with van der Waals surface area (Å²) in [7, 11) is 0. The number of benzene rings is 1. The highest BCUT2D eigenvalue weighted by Gasteiger charge is 2.13. The van der Waals surface area contributed by atoms with Gasteiger partial charge < -0.3 is 14.3 Å². The molecule has 0 saturated heterocycles. The van der Waals surface area contributed by atoms with Crippen LogP contribution in [-0.4, -0.2) is 6.79 Å². The van der Waals surface area contributed by atoms with E-state index in [1.165, 1.54) is 0 Å². The van der Waals surface area contributed by atoms with E-state index in [0.717, 1.165) is 17.1 Å². The van der Waals surface area contributed by atoms with Crippen LogP contribution in [0.15, 0.2) is 18.2 Å². The van der Waals surface area contributed by atoms with E-state index in [9.17, 15) is 0 Å². The molecule has 3 heteroatoms. The van der Waals surface area contributed by atoms with Gasteiger partial charge in [0.2, 0.25) is 13.3 Å². The lowest BCUT2D eigenvalue weighted by atomic mass is 10.2. The first-order chi connectivity index (χ1) is 5.90. The van der Waals surface area contributed by atoms with Crippen molar-refractivity contribution in [1.82, 2.24) is 0 Å². The van der Waals surface area contributed by atoms with Crippen LogP contribution < -0.4 is 9.47 Å². The van der Waals surface area contributed by atoms with Gasteiger partial charge in [-0.25, -0.2) is 6.57 Å². The van der Waals surface area contributed by atoms with Crippen LogP contribution in [-0.2, 0) is 6.54 Å². The highest BCUT2D eigenvalue weighted by Crippen LogP contribution is 2.32. The lowest BCUT2D eigenvalue weighted by Gasteiger charge is -1.95. The summed E-state index contributed by atoms with van der Waals surface area (Å²) in [4.78, 5) is 3.29. The van der Waals surface area contributed by atoms with Crippen molar-refractivity contribution >= 4 is 0 Å². The Morgan fingerprint density at radius 3 is 3.00 bits per heavy atom. The molecule has 60 valence electrons. The highest BCUT2D eigenvalue weighted by molar-refractivity contribution is 5.44.